The van der Waals surface area contributed by atoms with Crippen LogP contribution >= 0.6 is 0 Å². The average Bonchev–Trinajstić information content (AvgIpc) is 2.73. The van der Waals surface area contributed by atoms with Gasteiger partial charge >= 0.3 is 5.97 Å². The summed E-state index contributed by atoms with van der Waals surface area (Å²) in [5.74, 6) is 0.113. The first-order valence-electron chi connectivity index (χ1n) is 9.63. The number of anilines is 1. The quantitative estimate of drug-likeness (QED) is 0.592. The first-order chi connectivity index (χ1) is 14.0. The van der Waals surface area contributed by atoms with Crippen LogP contribution in [0.2, 0.25) is 0 Å². The van der Waals surface area contributed by atoms with Crippen molar-refractivity contribution in [2.75, 3.05) is 24.7 Å². The fourth-order valence-electron chi connectivity index (χ4n) is 2.74. The van der Waals surface area contributed by atoms with Gasteiger partial charge in [-0.15, -0.1) is 0 Å². The number of amides is 1. The smallest absolute Gasteiger partial charge is 0.338 e. The highest BCUT2D eigenvalue weighted by molar-refractivity contribution is 5.97. The second-order valence-electron chi connectivity index (χ2n) is 6.73. The van der Waals surface area contributed by atoms with Gasteiger partial charge in [-0.3, -0.25) is 4.79 Å². The van der Waals surface area contributed by atoms with Gasteiger partial charge in [-0.1, -0.05) is 26.0 Å². The molecule has 6 nitrogen and oxygen atoms in total. The van der Waals surface area contributed by atoms with E-state index < -0.39 is 18.5 Å². The molecule has 0 radical (unpaired) electrons. The van der Waals surface area contributed by atoms with E-state index in [0.29, 0.717) is 29.5 Å². The van der Waals surface area contributed by atoms with Crippen molar-refractivity contribution in [1.29, 1.82) is 5.26 Å². The predicted molar refractivity (Wildman–Crippen MR) is 111 cm³/mol. The van der Waals surface area contributed by atoms with Crippen molar-refractivity contribution in [3.05, 3.63) is 59.7 Å². The summed E-state index contributed by atoms with van der Waals surface area (Å²) in [6.45, 7) is 6.39. The van der Waals surface area contributed by atoms with Crippen LogP contribution in [0.5, 0.6) is 5.75 Å². The van der Waals surface area contributed by atoms with Gasteiger partial charge in [0, 0.05) is 12.2 Å². The van der Waals surface area contributed by atoms with Crippen LogP contribution in [0.1, 0.15) is 49.0 Å². The van der Waals surface area contributed by atoms with Crippen molar-refractivity contribution in [3.8, 4) is 11.8 Å². The number of nitriles is 1. The molecule has 6 heteroatoms. The van der Waals surface area contributed by atoms with Gasteiger partial charge < -0.3 is 14.4 Å². The van der Waals surface area contributed by atoms with E-state index in [2.05, 4.69) is 13.8 Å². The highest BCUT2D eigenvalue weighted by Crippen LogP contribution is 2.20. The number of ether oxygens (including phenoxy) is 2. The molecule has 152 valence electrons. The molecule has 0 aliphatic carbocycles. The molecule has 0 aliphatic rings. The standard InChI is InChI=1S/C23H26N2O4/c1-4-28-21-12-10-20(11-13-21)25(15-5-14-24)22(26)16-29-23(27)19-8-6-18(7-9-19)17(2)3/h6-13,17H,4-5,15-16H2,1-3H3. The van der Waals surface area contributed by atoms with E-state index in [4.69, 9.17) is 14.7 Å². The Balaban J connectivity index is 2.03. The summed E-state index contributed by atoms with van der Waals surface area (Å²) in [5.41, 5.74) is 2.13. The van der Waals surface area contributed by atoms with Crippen LogP contribution in [-0.2, 0) is 9.53 Å². The molecule has 0 saturated heterocycles. The number of nitrogens with zero attached hydrogens (tertiary/aromatic N) is 2. The molecule has 0 unspecified atom stereocenters. The Morgan fingerprint density at radius 1 is 1.07 bits per heavy atom. The Kier molecular flexibility index (Phi) is 8.23. The van der Waals surface area contributed by atoms with Crippen molar-refractivity contribution >= 4 is 17.6 Å². The second kappa shape index (κ2) is 10.9. The Morgan fingerprint density at radius 2 is 1.72 bits per heavy atom. The van der Waals surface area contributed by atoms with Crippen molar-refractivity contribution < 1.29 is 19.1 Å². The molecule has 0 fully saturated rings. The summed E-state index contributed by atoms with van der Waals surface area (Å²) >= 11 is 0. The molecule has 0 bridgehead atoms. The molecular weight excluding hydrogens is 368 g/mol. The van der Waals surface area contributed by atoms with Crippen LogP contribution in [0.3, 0.4) is 0 Å². The third kappa shape index (κ3) is 6.35. The molecule has 2 aromatic rings. The number of benzene rings is 2. The number of esters is 1. The second-order valence-corrected chi connectivity index (χ2v) is 6.73. The van der Waals surface area contributed by atoms with Crippen LogP contribution in [0, 0.1) is 11.3 Å². The van der Waals surface area contributed by atoms with Crippen LogP contribution in [0.25, 0.3) is 0 Å². The molecule has 0 aromatic heterocycles. The topological polar surface area (TPSA) is 79.6 Å². The highest BCUT2D eigenvalue weighted by atomic mass is 16.5. The fourth-order valence-corrected chi connectivity index (χ4v) is 2.74. The van der Waals surface area contributed by atoms with Crippen LogP contribution < -0.4 is 9.64 Å². The summed E-state index contributed by atoms with van der Waals surface area (Å²) in [7, 11) is 0. The van der Waals surface area contributed by atoms with E-state index in [9.17, 15) is 9.59 Å². The van der Waals surface area contributed by atoms with Crippen LogP contribution in [0.15, 0.2) is 48.5 Å². The lowest BCUT2D eigenvalue weighted by atomic mass is 10.0. The summed E-state index contributed by atoms with van der Waals surface area (Å²) in [6.07, 6.45) is 0.170. The molecule has 2 aromatic carbocycles. The molecule has 29 heavy (non-hydrogen) atoms. The largest absolute Gasteiger partial charge is 0.494 e. The van der Waals surface area contributed by atoms with E-state index in [1.54, 1.807) is 36.4 Å². The van der Waals surface area contributed by atoms with Crippen molar-refractivity contribution in [3.63, 3.8) is 0 Å². The molecule has 2 rings (SSSR count). The van der Waals surface area contributed by atoms with Gasteiger partial charge in [-0.05, 0) is 54.8 Å². The SMILES string of the molecule is CCOc1ccc(N(CCC#N)C(=O)COC(=O)c2ccc(C(C)C)cc2)cc1. The zero-order chi connectivity index (χ0) is 21.2. The first kappa shape index (κ1) is 22.0. The maximum Gasteiger partial charge on any atom is 0.338 e. The molecule has 0 spiro atoms. The minimum absolute atomic E-state index is 0.170. The Bertz CT molecular complexity index is 852. The summed E-state index contributed by atoms with van der Waals surface area (Å²) in [5, 5.41) is 8.89. The van der Waals surface area contributed by atoms with Crippen molar-refractivity contribution in [2.45, 2.75) is 33.1 Å². The molecule has 0 N–H and O–H groups in total. The van der Waals surface area contributed by atoms with Gasteiger partial charge in [0.25, 0.3) is 5.91 Å². The number of carbonyl (C=O) groups is 2. The normalized spacial score (nSPS) is 10.3. The number of hydrogen-bond donors (Lipinski definition) is 0. The molecule has 0 heterocycles. The molecular formula is C23H26N2O4. The number of carbonyl (C=O) groups excluding carboxylic acids is 2. The lowest BCUT2D eigenvalue weighted by Gasteiger charge is -2.22. The molecule has 0 saturated carbocycles. The van der Waals surface area contributed by atoms with Crippen LogP contribution in [0.4, 0.5) is 5.69 Å². The van der Waals surface area contributed by atoms with Crippen molar-refractivity contribution in [1.82, 2.24) is 0 Å². The van der Waals surface area contributed by atoms with Gasteiger partial charge in [0.15, 0.2) is 6.61 Å². The molecule has 0 atom stereocenters. The highest BCUT2D eigenvalue weighted by Gasteiger charge is 2.18. The maximum atomic E-state index is 12.6. The van der Waals surface area contributed by atoms with Gasteiger partial charge in [0.05, 0.1) is 24.7 Å². The van der Waals surface area contributed by atoms with Gasteiger partial charge in [-0.25, -0.2) is 4.79 Å². The molecule has 0 aliphatic heterocycles. The summed E-state index contributed by atoms with van der Waals surface area (Å²) in [4.78, 5) is 26.3. The van der Waals surface area contributed by atoms with Gasteiger partial charge in [0.2, 0.25) is 0 Å². The summed E-state index contributed by atoms with van der Waals surface area (Å²) in [6, 6.07) is 16.2. The third-order valence-electron chi connectivity index (χ3n) is 4.35. The van der Waals surface area contributed by atoms with E-state index in [1.165, 1.54) is 4.90 Å². The zero-order valence-electron chi connectivity index (χ0n) is 17.1. The molecule has 1 amide bonds. The summed E-state index contributed by atoms with van der Waals surface area (Å²) < 4.78 is 10.6. The van der Waals surface area contributed by atoms with Gasteiger partial charge in [0.1, 0.15) is 5.75 Å². The lowest BCUT2D eigenvalue weighted by Crippen LogP contribution is -2.35. The zero-order valence-corrected chi connectivity index (χ0v) is 17.1. The van der Waals surface area contributed by atoms with E-state index in [0.717, 1.165) is 5.56 Å². The van der Waals surface area contributed by atoms with Crippen molar-refractivity contribution in [2.24, 2.45) is 0 Å². The first-order valence-corrected chi connectivity index (χ1v) is 9.63. The minimum Gasteiger partial charge on any atom is -0.494 e. The van der Waals surface area contributed by atoms with E-state index in [-0.39, 0.29) is 13.0 Å². The Labute approximate surface area is 171 Å². The Morgan fingerprint density at radius 3 is 2.28 bits per heavy atom. The maximum absolute atomic E-state index is 12.6. The van der Waals surface area contributed by atoms with E-state index in [1.807, 2.05) is 25.1 Å². The average molecular weight is 394 g/mol. The number of hydrogen-bond acceptors (Lipinski definition) is 5. The van der Waals surface area contributed by atoms with Gasteiger partial charge in [-0.2, -0.15) is 5.26 Å². The fraction of sp³-hybridized carbons (Fsp3) is 0.348. The predicted octanol–water partition coefficient (Wildman–Crippen LogP) is 4.31. The van der Waals surface area contributed by atoms with E-state index >= 15 is 0 Å². The lowest BCUT2D eigenvalue weighted by molar-refractivity contribution is -0.121. The van der Waals surface area contributed by atoms with Crippen LogP contribution in [-0.4, -0.2) is 31.6 Å². The monoisotopic (exact) mass is 394 g/mol. The number of rotatable bonds is 9. The third-order valence-corrected chi connectivity index (χ3v) is 4.35. The Hall–Kier alpha value is -3.33. The minimum atomic E-state index is -0.555.